The summed E-state index contributed by atoms with van der Waals surface area (Å²) in [6, 6.07) is 11.0. The normalized spacial score (nSPS) is 22.3. The minimum Gasteiger partial charge on any atom is -0.508 e. The van der Waals surface area contributed by atoms with Gasteiger partial charge in [0.15, 0.2) is 5.96 Å². The first-order valence-electron chi connectivity index (χ1n) is 15.8. The van der Waals surface area contributed by atoms with E-state index in [9.17, 15) is 39.6 Å². The van der Waals surface area contributed by atoms with E-state index >= 15 is 0 Å². The molecule has 7 atom stereocenters. The number of phenolic OH excluding ortho intramolecular Hbond substituents is 1. The summed E-state index contributed by atoms with van der Waals surface area (Å²) < 4.78 is 0. The van der Waals surface area contributed by atoms with Crippen molar-refractivity contribution in [1.82, 2.24) is 15.5 Å². The van der Waals surface area contributed by atoms with E-state index in [1.165, 1.54) is 17.0 Å². The number of likely N-dealkylation sites (tertiary alicyclic amines) is 1. The number of carbonyl (C=O) groups excluding carboxylic acids is 3. The molecule has 1 saturated carbocycles. The molecule has 2 aliphatic rings. The standard InChI is InChI=1S/C33H44N6O8/c34-33(35)36-14-4-7-24(32(46)47)37-29(43)27-17-21-10-13-23(41)18-26(21)39(27)31(45)25(15-19-5-2-1-3-6-19)38-30(44)28(42)16-20-8-11-22(40)12-9-20/h1-3,5-6,8-9,11-12,21,23-28,40-42H,4,7,10,13-18H2,(H,37,43)(H,38,44)(H,46,47)(H4,34,35,36)/t21-,23+,24-,25+,26-,27-,28-/m0/s1. The van der Waals surface area contributed by atoms with Gasteiger partial charge in [0.2, 0.25) is 17.7 Å². The average Bonchev–Trinajstić information content (AvgIpc) is 3.41. The molecule has 1 heterocycles. The van der Waals surface area contributed by atoms with E-state index in [2.05, 4.69) is 15.6 Å². The predicted octanol–water partition coefficient (Wildman–Crippen LogP) is -0.223. The smallest absolute Gasteiger partial charge is 0.326 e. The van der Waals surface area contributed by atoms with E-state index in [1.807, 2.05) is 6.07 Å². The number of fused-ring (bicyclic) bond motifs is 1. The van der Waals surface area contributed by atoms with Crippen LogP contribution in [0.2, 0.25) is 0 Å². The summed E-state index contributed by atoms with van der Waals surface area (Å²) >= 11 is 0. The molecule has 1 aliphatic heterocycles. The van der Waals surface area contributed by atoms with E-state index in [-0.39, 0.29) is 62.7 Å². The van der Waals surface area contributed by atoms with Gasteiger partial charge in [-0.05, 0) is 67.7 Å². The largest absolute Gasteiger partial charge is 0.508 e. The lowest BCUT2D eigenvalue weighted by atomic mass is 9.83. The lowest BCUT2D eigenvalue weighted by molar-refractivity contribution is -0.147. The zero-order valence-corrected chi connectivity index (χ0v) is 26.1. The van der Waals surface area contributed by atoms with Crippen LogP contribution >= 0.6 is 0 Å². The number of aromatic hydroxyl groups is 1. The van der Waals surface area contributed by atoms with Crippen LogP contribution < -0.4 is 22.1 Å². The molecule has 254 valence electrons. The van der Waals surface area contributed by atoms with Gasteiger partial charge in [0, 0.05) is 25.4 Å². The first kappa shape index (κ1) is 35.2. The Balaban J connectivity index is 1.57. The number of guanidine groups is 1. The predicted molar refractivity (Wildman–Crippen MR) is 172 cm³/mol. The van der Waals surface area contributed by atoms with Crippen LogP contribution in [0.25, 0.3) is 0 Å². The van der Waals surface area contributed by atoms with Crippen molar-refractivity contribution in [3.8, 4) is 5.75 Å². The number of aliphatic carboxylic acids is 1. The minimum absolute atomic E-state index is 0.0390. The number of nitrogens with two attached hydrogens (primary N) is 2. The fourth-order valence-corrected chi connectivity index (χ4v) is 6.46. The number of benzene rings is 2. The third-order valence-corrected chi connectivity index (χ3v) is 8.83. The Kier molecular flexibility index (Phi) is 12.1. The van der Waals surface area contributed by atoms with E-state index in [0.717, 1.165) is 5.56 Å². The molecule has 47 heavy (non-hydrogen) atoms. The van der Waals surface area contributed by atoms with Crippen LogP contribution in [0.5, 0.6) is 5.75 Å². The number of nitrogens with zero attached hydrogens (tertiary/aromatic N) is 2. The second kappa shape index (κ2) is 16.2. The van der Waals surface area contributed by atoms with Gasteiger partial charge in [-0.25, -0.2) is 4.79 Å². The fraction of sp³-hybridized carbons (Fsp3) is 0.485. The van der Waals surface area contributed by atoms with Crippen molar-refractivity contribution in [3.63, 3.8) is 0 Å². The maximum atomic E-state index is 14.5. The molecule has 1 saturated heterocycles. The highest BCUT2D eigenvalue weighted by Gasteiger charge is 2.50. The molecule has 0 radical (unpaired) electrons. The van der Waals surface area contributed by atoms with Gasteiger partial charge < -0.3 is 47.4 Å². The number of hydrogen-bond donors (Lipinski definition) is 8. The van der Waals surface area contributed by atoms with E-state index in [1.54, 1.807) is 36.4 Å². The highest BCUT2D eigenvalue weighted by atomic mass is 16.4. The first-order valence-corrected chi connectivity index (χ1v) is 15.8. The summed E-state index contributed by atoms with van der Waals surface area (Å²) in [7, 11) is 0. The summed E-state index contributed by atoms with van der Waals surface area (Å²) in [5, 5.41) is 45.9. The Bertz CT molecular complexity index is 1420. The highest BCUT2D eigenvalue weighted by Crippen LogP contribution is 2.40. The molecule has 14 nitrogen and oxygen atoms in total. The van der Waals surface area contributed by atoms with Crippen molar-refractivity contribution in [3.05, 3.63) is 65.7 Å². The Morgan fingerprint density at radius 3 is 2.26 bits per heavy atom. The zero-order chi connectivity index (χ0) is 34.1. The average molecular weight is 653 g/mol. The number of nitrogens with one attached hydrogen (secondary N) is 2. The molecule has 3 amide bonds. The van der Waals surface area contributed by atoms with E-state index in [4.69, 9.17) is 11.5 Å². The molecule has 2 aromatic carbocycles. The summed E-state index contributed by atoms with van der Waals surface area (Å²) in [5.74, 6) is -3.46. The highest BCUT2D eigenvalue weighted by molar-refractivity contribution is 5.95. The SMILES string of the molecule is NC(N)=NCCC[C@H](NC(=O)[C@@H]1C[C@@H]2CC[C@@H](O)C[C@@H]2N1C(=O)[C@@H](Cc1ccccc1)NC(=O)[C@@H](O)Cc1ccc(O)cc1)C(=O)O. The Morgan fingerprint density at radius 2 is 1.60 bits per heavy atom. The quantitative estimate of drug-likeness (QED) is 0.0758. The van der Waals surface area contributed by atoms with Gasteiger partial charge in [-0.3, -0.25) is 19.4 Å². The van der Waals surface area contributed by atoms with Crippen LogP contribution in [0.15, 0.2) is 59.6 Å². The van der Waals surface area contributed by atoms with Crippen molar-refractivity contribution in [1.29, 1.82) is 0 Å². The monoisotopic (exact) mass is 652 g/mol. The Hall–Kier alpha value is -4.69. The molecule has 14 heteroatoms. The number of phenols is 1. The van der Waals surface area contributed by atoms with Gasteiger partial charge in [0.05, 0.1) is 6.10 Å². The van der Waals surface area contributed by atoms with Crippen molar-refractivity contribution in [2.45, 2.75) is 87.7 Å². The number of amides is 3. The second-order valence-corrected chi connectivity index (χ2v) is 12.3. The van der Waals surface area contributed by atoms with Crippen LogP contribution in [-0.2, 0) is 32.0 Å². The maximum absolute atomic E-state index is 14.5. The van der Waals surface area contributed by atoms with Crippen molar-refractivity contribution in [2.75, 3.05) is 6.54 Å². The third-order valence-electron chi connectivity index (χ3n) is 8.83. The number of rotatable bonds is 14. The number of aliphatic imine (C=N–C) groups is 1. The number of carboxylic acid groups (broad SMARTS) is 1. The molecule has 0 aromatic heterocycles. The zero-order valence-electron chi connectivity index (χ0n) is 26.1. The molecule has 1 aliphatic carbocycles. The van der Waals surface area contributed by atoms with Gasteiger partial charge in [-0.1, -0.05) is 42.5 Å². The van der Waals surface area contributed by atoms with Crippen LogP contribution in [0.4, 0.5) is 0 Å². The number of aliphatic hydroxyl groups is 2. The van der Waals surface area contributed by atoms with Gasteiger partial charge in [-0.15, -0.1) is 0 Å². The Morgan fingerprint density at radius 1 is 0.915 bits per heavy atom. The number of carboxylic acids is 1. The summed E-state index contributed by atoms with van der Waals surface area (Å²) in [4.78, 5) is 58.8. The van der Waals surface area contributed by atoms with Crippen molar-refractivity contribution >= 4 is 29.7 Å². The van der Waals surface area contributed by atoms with E-state index in [0.29, 0.717) is 18.4 Å². The lowest BCUT2D eigenvalue weighted by Gasteiger charge is -2.37. The molecule has 0 bridgehead atoms. The fourth-order valence-electron chi connectivity index (χ4n) is 6.46. The van der Waals surface area contributed by atoms with Gasteiger partial charge in [-0.2, -0.15) is 0 Å². The van der Waals surface area contributed by atoms with Gasteiger partial charge in [0.1, 0.15) is 30.0 Å². The summed E-state index contributed by atoms with van der Waals surface area (Å²) in [5.41, 5.74) is 12.0. The molecule has 4 rings (SSSR count). The van der Waals surface area contributed by atoms with Crippen LogP contribution in [0.3, 0.4) is 0 Å². The van der Waals surface area contributed by atoms with Crippen molar-refractivity contribution < 1.29 is 39.6 Å². The number of hydrogen-bond acceptors (Lipinski definition) is 8. The summed E-state index contributed by atoms with van der Waals surface area (Å²) in [6.07, 6.45) is -0.286. The lowest BCUT2D eigenvalue weighted by Crippen LogP contribution is -2.59. The van der Waals surface area contributed by atoms with Crippen LogP contribution in [0.1, 0.15) is 49.7 Å². The molecular formula is C33H44N6O8. The molecule has 10 N–H and O–H groups in total. The number of carbonyl (C=O) groups is 4. The van der Waals surface area contributed by atoms with Crippen LogP contribution in [0, 0.1) is 5.92 Å². The second-order valence-electron chi connectivity index (χ2n) is 12.3. The molecule has 2 aromatic rings. The summed E-state index contributed by atoms with van der Waals surface area (Å²) in [6.45, 7) is 0.178. The van der Waals surface area contributed by atoms with Gasteiger partial charge >= 0.3 is 5.97 Å². The van der Waals surface area contributed by atoms with E-state index < -0.39 is 60.1 Å². The Labute approximate surface area is 272 Å². The molecular weight excluding hydrogens is 608 g/mol. The molecule has 0 unspecified atom stereocenters. The number of aliphatic hydroxyl groups excluding tert-OH is 2. The first-order chi connectivity index (χ1) is 22.4. The van der Waals surface area contributed by atoms with Crippen molar-refractivity contribution in [2.24, 2.45) is 22.4 Å². The minimum atomic E-state index is -1.51. The third kappa shape index (κ3) is 9.66. The van der Waals surface area contributed by atoms with Crippen LogP contribution in [-0.4, -0.2) is 97.9 Å². The topological polar surface area (TPSA) is 241 Å². The molecule has 0 spiro atoms. The maximum Gasteiger partial charge on any atom is 0.326 e. The van der Waals surface area contributed by atoms with Gasteiger partial charge in [0.25, 0.3) is 0 Å². The molecule has 2 fully saturated rings.